The molecule has 0 saturated heterocycles. The third-order valence-electron chi connectivity index (χ3n) is 6.09. The van der Waals surface area contributed by atoms with Crippen molar-refractivity contribution in [2.45, 2.75) is 72.2 Å². The number of benzene rings is 2. The number of hydrogen-bond donors (Lipinski definition) is 2. The molecule has 2 amide bonds. The maximum Gasteiger partial charge on any atom is 0.437 e. The summed E-state index contributed by atoms with van der Waals surface area (Å²) in [6, 6.07) is 16.8. The van der Waals surface area contributed by atoms with Gasteiger partial charge >= 0.3 is 11.8 Å². The molecule has 0 saturated carbocycles. The quantitative estimate of drug-likeness (QED) is 0.303. The minimum absolute atomic E-state index is 0. The molecule has 1 heterocycles. The summed E-state index contributed by atoms with van der Waals surface area (Å²) in [7, 11) is 0. The van der Waals surface area contributed by atoms with Crippen LogP contribution in [0, 0.1) is 11.8 Å². The van der Waals surface area contributed by atoms with Crippen molar-refractivity contribution in [3.05, 3.63) is 88.2 Å². The number of carbonyl (C=O) groups excluding carboxylic acids is 3. The molecule has 0 radical (unpaired) electrons. The Morgan fingerprint density at radius 3 is 2.05 bits per heavy atom. The predicted octanol–water partition coefficient (Wildman–Crippen LogP) is 4.36. The van der Waals surface area contributed by atoms with Gasteiger partial charge in [-0.1, -0.05) is 88.4 Å². The molecule has 0 spiro atoms. The Labute approximate surface area is 237 Å². The van der Waals surface area contributed by atoms with E-state index in [1.807, 2.05) is 88.4 Å². The lowest BCUT2D eigenvalue weighted by molar-refractivity contribution is -0.130. The van der Waals surface area contributed by atoms with Gasteiger partial charge in [0.1, 0.15) is 19.2 Å². The molecule has 40 heavy (non-hydrogen) atoms. The fourth-order valence-electron chi connectivity index (χ4n) is 4.17. The summed E-state index contributed by atoms with van der Waals surface area (Å²) in [6.45, 7) is 7.43. The zero-order valence-electron chi connectivity index (χ0n) is 23.5. The van der Waals surface area contributed by atoms with Crippen molar-refractivity contribution in [2.24, 2.45) is 11.8 Å². The molecule has 0 fully saturated rings. The maximum atomic E-state index is 13.3. The van der Waals surface area contributed by atoms with Gasteiger partial charge in [0.2, 0.25) is 11.8 Å². The van der Waals surface area contributed by atoms with Crippen molar-refractivity contribution in [3.63, 3.8) is 0 Å². The molecule has 0 aliphatic rings. The lowest BCUT2D eigenvalue weighted by atomic mass is 9.98. The fourth-order valence-corrected chi connectivity index (χ4v) is 4.17. The fraction of sp³-hybridized carbons (Fsp3) is 0.433. The van der Waals surface area contributed by atoms with Crippen LogP contribution < -0.4 is 16.4 Å². The van der Waals surface area contributed by atoms with E-state index in [0.29, 0.717) is 19.3 Å². The maximum absolute atomic E-state index is 13.3. The standard InChI is InChI=1S/C30H38N4O6.2H2/c1-20(2)15-24(26(35)18-34-30(38)40-27(33-34)17-22-11-7-5-8-12-22)31-28(36)25(16-21(3)4)32-29(37)39-19-23-13-9-6-10-14-23;;/h5-14,20-21,24-25H,15-19H2,1-4H3,(H,31,36)(H,32,37);2*1H/t24-,25-;;/m0../s1. The number of alkyl carbamates (subject to hydrolysis) is 1. The second-order valence-electron chi connectivity index (χ2n) is 10.6. The van der Waals surface area contributed by atoms with E-state index in [1.54, 1.807) is 0 Å². The molecule has 0 unspecified atom stereocenters. The van der Waals surface area contributed by atoms with Crippen LogP contribution in [0.15, 0.2) is 69.9 Å². The van der Waals surface area contributed by atoms with Gasteiger partial charge in [0.05, 0.1) is 12.5 Å². The third kappa shape index (κ3) is 9.83. The van der Waals surface area contributed by atoms with Crippen LogP contribution in [0.2, 0.25) is 0 Å². The highest BCUT2D eigenvalue weighted by Gasteiger charge is 2.29. The second kappa shape index (κ2) is 14.8. The number of aromatic nitrogens is 2. The first-order valence-corrected chi connectivity index (χ1v) is 13.5. The first-order chi connectivity index (χ1) is 19.1. The first kappa shape index (κ1) is 30.3. The molecule has 0 aliphatic carbocycles. The highest BCUT2D eigenvalue weighted by atomic mass is 16.5. The van der Waals surface area contributed by atoms with Gasteiger partial charge in [0.25, 0.3) is 0 Å². The smallest absolute Gasteiger partial charge is 0.437 e. The van der Waals surface area contributed by atoms with E-state index in [1.165, 1.54) is 0 Å². The molecule has 218 valence electrons. The number of hydrogen-bond acceptors (Lipinski definition) is 7. The van der Waals surface area contributed by atoms with Crippen molar-refractivity contribution in [2.75, 3.05) is 0 Å². The van der Waals surface area contributed by atoms with Gasteiger partial charge in [0.15, 0.2) is 5.78 Å². The van der Waals surface area contributed by atoms with Crippen molar-refractivity contribution in [1.29, 1.82) is 0 Å². The van der Waals surface area contributed by atoms with E-state index in [2.05, 4.69) is 15.7 Å². The van der Waals surface area contributed by atoms with Gasteiger partial charge in [0, 0.05) is 2.85 Å². The number of Topliss-reactive ketones (excluding diaryl/α,β-unsaturated/α-hetero) is 1. The van der Waals surface area contributed by atoms with Crippen LogP contribution in [-0.4, -0.2) is 39.6 Å². The van der Waals surface area contributed by atoms with Crippen LogP contribution in [0.5, 0.6) is 0 Å². The van der Waals surface area contributed by atoms with Gasteiger partial charge in [-0.05, 0) is 35.8 Å². The molecular formula is C30H42N4O6. The van der Waals surface area contributed by atoms with E-state index in [0.717, 1.165) is 15.8 Å². The summed E-state index contributed by atoms with van der Waals surface area (Å²) in [5, 5.41) is 9.60. The average Bonchev–Trinajstić information content (AvgIpc) is 3.25. The number of carbonyl (C=O) groups is 3. The Hall–Kier alpha value is -4.21. The number of nitrogens with zero attached hydrogens (tertiary/aromatic N) is 2. The van der Waals surface area contributed by atoms with E-state index >= 15 is 0 Å². The van der Waals surface area contributed by atoms with E-state index in [9.17, 15) is 19.2 Å². The Balaban J connectivity index is 0.00000441. The molecule has 10 nitrogen and oxygen atoms in total. The third-order valence-corrected chi connectivity index (χ3v) is 6.09. The Morgan fingerprint density at radius 2 is 1.45 bits per heavy atom. The SMILES string of the molecule is CC(C)C[C@H](NC(=O)[C@H](CC(C)C)NC(=O)OCc1ccccc1)C(=O)Cn1nc(Cc2ccccc2)oc1=O.[HH].[HH]. The minimum atomic E-state index is -0.905. The molecule has 0 bridgehead atoms. The van der Waals surface area contributed by atoms with Crippen LogP contribution in [0.4, 0.5) is 4.79 Å². The molecule has 0 aliphatic heterocycles. The molecule has 2 atom stereocenters. The van der Waals surface area contributed by atoms with Crippen molar-refractivity contribution < 1.29 is 26.4 Å². The molecule has 3 rings (SSSR count). The van der Waals surface area contributed by atoms with E-state index < -0.39 is 35.6 Å². The molecule has 10 heteroatoms. The van der Waals surface area contributed by atoms with Gasteiger partial charge in [-0.15, -0.1) is 5.10 Å². The highest BCUT2D eigenvalue weighted by molar-refractivity contribution is 5.92. The monoisotopic (exact) mass is 554 g/mol. The Kier molecular flexibility index (Phi) is 11.2. The van der Waals surface area contributed by atoms with Crippen LogP contribution in [0.3, 0.4) is 0 Å². The van der Waals surface area contributed by atoms with Crippen molar-refractivity contribution >= 4 is 17.8 Å². The molecule has 2 aromatic carbocycles. The molecule has 2 N–H and O–H groups in total. The second-order valence-corrected chi connectivity index (χ2v) is 10.6. The molecule has 3 aromatic rings. The normalized spacial score (nSPS) is 12.7. The van der Waals surface area contributed by atoms with Crippen molar-refractivity contribution in [3.8, 4) is 0 Å². The van der Waals surface area contributed by atoms with Crippen LogP contribution in [0.25, 0.3) is 0 Å². The minimum Gasteiger partial charge on any atom is -0.445 e. The number of nitrogens with one attached hydrogen (secondary N) is 2. The number of amides is 2. The average molecular weight is 555 g/mol. The summed E-state index contributed by atoms with van der Waals surface area (Å²) >= 11 is 0. The summed E-state index contributed by atoms with van der Waals surface area (Å²) in [5.41, 5.74) is 1.73. The largest absolute Gasteiger partial charge is 0.445 e. The van der Waals surface area contributed by atoms with Crippen molar-refractivity contribution in [1.82, 2.24) is 20.4 Å². The molecule has 1 aromatic heterocycles. The predicted molar refractivity (Wildman–Crippen MR) is 154 cm³/mol. The summed E-state index contributed by atoms with van der Waals surface area (Å²) in [6.07, 6.45) is 0.282. The highest BCUT2D eigenvalue weighted by Crippen LogP contribution is 2.11. The van der Waals surface area contributed by atoms with E-state index in [-0.39, 0.29) is 33.7 Å². The van der Waals surface area contributed by atoms with Crippen LogP contribution >= 0.6 is 0 Å². The first-order valence-electron chi connectivity index (χ1n) is 13.5. The van der Waals surface area contributed by atoms with Gasteiger partial charge < -0.3 is 19.8 Å². The number of ether oxygens (including phenoxy) is 1. The zero-order valence-corrected chi connectivity index (χ0v) is 23.5. The zero-order chi connectivity index (χ0) is 29.1. The van der Waals surface area contributed by atoms with Gasteiger partial charge in [-0.2, -0.15) is 4.68 Å². The van der Waals surface area contributed by atoms with Crippen LogP contribution in [0.1, 0.15) is 60.4 Å². The lowest BCUT2D eigenvalue weighted by Gasteiger charge is -2.24. The summed E-state index contributed by atoms with van der Waals surface area (Å²) < 4.78 is 11.5. The molecular weight excluding hydrogens is 512 g/mol. The Morgan fingerprint density at radius 1 is 0.875 bits per heavy atom. The lowest BCUT2D eigenvalue weighted by Crippen LogP contribution is -2.53. The van der Waals surface area contributed by atoms with Crippen LogP contribution in [-0.2, 0) is 33.9 Å². The number of rotatable bonds is 14. The summed E-state index contributed by atoms with van der Waals surface area (Å²) in [4.78, 5) is 51.4. The summed E-state index contributed by atoms with van der Waals surface area (Å²) in [5.74, 6) is -1.27. The van der Waals surface area contributed by atoms with Gasteiger partial charge in [-0.3, -0.25) is 9.59 Å². The van der Waals surface area contributed by atoms with Gasteiger partial charge in [-0.25, -0.2) is 9.59 Å². The Bertz CT molecular complexity index is 1310. The number of ketones is 1. The topological polar surface area (TPSA) is 133 Å². The van der Waals surface area contributed by atoms with E-state index in [4.69, 9.17) is 9.15 Å².